The number of rotatable bonds is 14. The zero-order chi connectivity index (χ0) is 32.5. The van der Waals surface area contributed by atoms with E-state index in [-0.39, 0.29) is 18.1 Å². The van der Waals surface area contributed by atoms with Crippen molar-refractivity contribution in [1.82, 2.24) is 0 Å². The van der Waals surface area contributed by atoms with Crippen LogP contribution in [-0.2, 0) is 40.3 Å². The Bertz CT molecular complexity index is 1520. The minimum absolute atomic E-state index is 0.0530. The summed E-state index contributed by atoms with van der Waals surface area (Å²) in [4.78, 5) is 0. The summed E-state index contributed by atoms with van der Waals surface area (Å²) in [6, 6.07) is 31.3. The lowest BCUT2D eigenvalue weighted by Gasteiger charge is -2.46. The maximum Gasteiger partial charge on any atom is 0.140 e. The molecule has 4 nitrogen and oxygen atoms in total. The first-order valence-electron chi connectivity index (χ1n) is 16.2. The fraction of sp³-hybridized carbons (Fsp3) is 0.385. The maximum atomic E-state index is 7.04. The van der Waals surface area contributed by atoms with Gasteiger partial charge in [-0.25, -0.2) is 0 Å². The molecule has 1 unspecified atom stereocenters. The van der Waals surface area contributed by atoms with E-state index in [1.54, 1.807) is 0 Å². The molecule has 1 heterocycles. The molecule has 1 saturated heterocycles. The molecule has 0 aromatic heterocycles. The Kier molecular flexibility index (Phi) is 13.0. The molecule has 0 aliphatic carbocycles. The monoisotopic (exact) mass is 724 g/mol. The van der Waals surface area contributed by atoms with Gasteiger partial charge in [-0.15, -0.1) is 11.6 Å². The lowest BCUT2D eigenvalue weighted by Crippen LogP contribution is -2.51. The molecule has 0 saturated carbocycles. The molecule has 5 rings (SSSR count). The SMILES string of the molecule is CCc1ccc(Cc2cc(C3O[C@H](CC)[C@@H](C)[C@H](OCc4ccccc4)[C@H]3OCc3ccccc3)c(OCCCl)c(Br)c2Cl)cc1. The van der Waals surface area contributed by atoms with Gasteiger partial charge in [-0.1, -0.05) is 117 Å². The molecular formula is C39H43BrCl2O4. The predicted octanol–water partition coefficient (Wildman–Crippen LogP) is 10.5. The zero-order valence-electron chi connectivity index (χ0n) is 26.8. The Morgan fingerprint density at radius 1 is 0.783 bits per heavy atom. The molecule has 46 heavy (non-hydrogen) atoms. The number of hydrogen-bond donors (Lipinski definition) is 0. The quantitative estimate of drug-likeness (QED) is 0.121. The third kappa shape index (κ3) is 8.55. The van der Waals surface area contributed by atoms with Crippen molar-refractivity contribution in [2.75, 3.05) is 12.5 Å². The molecule has 0 bridgehead atoms. The Labute approximate surface area is 292 Å². The molecule has 244 valence electrons. The summed E-state index contributed by atoms with van der Waals surface area (Å²) in [5.74, 6) is 1.05. The van der Waals surface area contributed by atoms with Gasteiger partial charge in [0.15, 0.2) is 0 Å². The van der Waals surface area contributed by atoms with Crippen molar-refractivity contribution in [3.05, 3.63) is 134 Å². The molecule has 1 fully saturated rings. The lowest BCUT2D eigenvalue weighted by molar-refractivity contribution is -0.235. The molecular weight excluding hydrogens is 683 g/mol. The lowest BCUT2D eigenvalue weighted by atomic mass is 9.83. The summed E-state index contributed by atoms with van der Waals surface area (Å²) in [6.07, 6.45) is 1.29. The van der Waals surface area contributed by atoms with Crippen LogP contribution in [0.15, 0.2) is 95.5 Å². The number of halogens is 3. The summed E-state index contributed by atoms with van der Waals surface area (Å²) in [5, 5.41) is 0.614. The van der Waals surface area contributed by atoms with Crippen molar-refractivity contribution in [3.8, 4) is 5.75 Å². The van der Waals surface area contributed by atoms with E-state index in [1.807, 2.05) is 36.4 Å². The van der Waals surface area contributed by atoms with E-state index in [0.717, 1.165) is 35.1 Å². The van der Waals surface area contributed by atoms with Crippen LogP contribution in [0.2, 0.25) is 5.02 Å². The predicted molar refractivity (Wildman–Crippen MR) is 191 cm³/mol. The van der Waals surface area contributed by atoms with Crippen LogP contribution in [0.5, 0.6) is 5.75 Å². The summed E-state index contributed by atoms with van der Waals surface area (Å²) in [5.41, 5.74) is 6.53. The summed E-state index contributed by atoms with van der Waals surface area (Å²) in [6.45, 7) is 7.74. The van der Waals surface area contributed by atoms with Crippen molar-refractivity contribution >= 4 is 39.1 Å². The number of alkyl halides is 1. The summed E-state index contributed by atoms with van der Waals surface area (Å²) in [7, 11) is 0. The van der Waals surface area contributed by atoms with Gasteiger partial charge in [0.2, 0.25) is 0 Å². The van der Waals surface area contributed by atoms with Crippen LogP contribution in [-0.4, -0.2) is 30.8 Å². The van der Waals surface area contributed by atoms with Crippen LogP contribution in [0.3, 0.4) is 0 Å². The van der Waals surface area contributed by atoms with Gasteiger partial charge in [-0.2, -0.15) is 0 Å². The zero-order valence-corrected chi connectivity index (χ0v) is 29.9. The fourth-order valence-electron chi connectivity index (χ4n) is 6.18. The van der Waals surface area contributed by atoms with Gasteiger partial charge in [-0.3, -0.25) is 0 Å². The number of aryl methyl sites for hydroxylation is 1. The van der Waals surface area contributed by atoms with Crippen LogP contribution in [0.4, 0.5) is 0 Å². The van der Waals surface area contributed by atoms with Crippen LogP contribution < -0.4 is 4.74 Å². The molecule has 5 atom stereocenters. The Balaban J connectivity index is 1.58. The minimum atomic E-state index is -0.481. The van der Waals surface area contributed by atoms with Crippen LogP contribution in [0, 0.1) is 5.92 Å². The van der Waals surface area contributed by atoms with E-state index in [4.69, 9.17) is 42.1 Å². The fourth-order valence-corrected chi connectivity index (χ4v) is 7.06. The van der Waals surface area contributed by atoms with Gasteiger partial charge < -0.3 is 18.9 Å². The Hall–Kier alpha value is -2.38. The van der Waals surface area contributed by atoms with Crippen LogP contribution >= 0.6 is 39.1 Å². The topological polar surface area (TPSA) is 36.9 Å². The van der Waals surface area contributed by atoms with Crippen molar-refractivity contribution in [1.29, 1.82) is 0 Å². The van der Waals surface area contributed by atoms with E-state index in [2.05, 4.69) is 91.3 Å². The molecule has 0 N–H and O–H groups in total. The van der Waals surface area contributed by atoms with E-state index >= 15 is 0 Å². The Morgan fingerprint density at radius 3 is 1.93 bits per heavy atom. The van der Waals surface area contributed by atoms with Crippen molar-refractivity contribution in [3.63, 3.8) is 0 Å². The molecule has 0 radical (unpaired) electrons. The second kappa shape index (κ2) is 17.1. The minimum Gasteiger partial charge on any atom is -0.491 e. The molecule has 1 aliphatic rings. The average molecular weight is 727 g/mol. The molecule has 0 amide bonds. The molecule has 1 aliphatic heterocycles. The summed E-state index contributed by atoms with van der Waals surface area (Å²) >= 11 is 17.0. The third-order valence-corrected chi connectivity index (χ3v) is 10.3. The van der Waals surface area contributed by atoms with Gasteiger partial charge in [0.25, 0.3) is 0 Å². The molecule has 4 aromatic carbocycles. The molecule has 0 spiro atoms. The Morgan fingerprint density at radius 2 is 1.37 bits per heavy atom. The average Bonchev–Trinajstić information content (AvgIpc) is 3.09. The highest BCUT2D eigenvalue weighted by atomic mass is 79.9. The van der Waals surface area contributed by atoms with Gasteiger partial charge in [0.05, 0.1) is 40.8 Å². The van der Waals surface area contributed by atoms with Crippen LogP contribution in [0.1, 0.15) is 66.7 Å². The van der Waals surface area contributed by atoms with E-state index in [9.17, 15) is 0 Å². The highest BCUT2D eigenvalue weighted by molar-refractivity contribution is 9.10. The second-order valence-corrected chi connectivity index (χ2v) is 13.4. The number of hydrogen-bond acceptors (Lipinski definition) is 4. The van der Waals surface area contributed by atoms with Crippen LogP contribution in [0.25, 0.3) is 0 Å². The van der Waals surface area contributed by atoms with Crippen molar-refractivity contribution in [2.24, 2.45) is 5.92 Å². The number of benzene rings is 4. The third-order valence-electron chi connectivity index (χ3n) is 8.74. The first-order valence-corrected chi connectivity index (χ1v) is 17.9. The standard InChI is InChI=1S/C39H43BrCl2O4/c1-4-27-16-18-28(19-17-27)22-31-23-32(37(43-21-20-41)34(40)35(31)42)38-39(45-25-30-14-10-7-11-15-30)36(26(3)33(5-2)46-38)44-24-29-12-8-6-9-13-29/h6-19,23,26,33,36,38-39H,4-5,20-22,24-25H2,1-3H3/t26-,33-,36+,38?,39-/m1/s1. The second-order valence-electron chi connectivity index (χ2n) is 11.9. The molecule has 7 heteroatoms. The highest BCUT2D eigenvalue weighted by Crippen LogP contribution is 2.48. The maximum absolute atomic E-state index is 7.04. The summed E-state index contributed by atoms with van der Waals surface area (Å²) < 4.78 is 27.6. The first-order chi connectivity index (χ1) is 22.4. The van der Waals surface area contributed by atoms with Crippen molar-refractivity contribution < 1.29 is 18.9 Å². The van der Waals surface area contributed by atoms with E-state index in [0.29, 0.717) is 47.4 Å². The van der Waals surface area contributed by atoms with Gasteiger partial charge in [-0.05, 0) is 69.1 Å². The van der Waals surface area contributed by atoms with Gasteiger partial charge in [0.1, 0.15) is 24.6 Å². The highest BCUT2D eigenvalue weighted by Gasteiger charge is 2.46. The van der Waals surface area contributed by atoms with E-state index in [1.165, 1.54) is 11.1 Å². The van der Waals surface area contributed by atoms with Crippen molar-refractivity contribution in [2.45, 2.75) is 77.7 Å². The number of ether oxygens (including phenoxy) is 4. The van der Waals surface area contributed by atoms with Gasteiger partial charge >= 0.3 is 0 Å². The normalized spacial score (nSPS) is 21.3. The smallest absolute Gasteiger partial charge is 0.140 e. The van der Waals surface area contributed by atoms with Gasteiger partial charge in [0, 0.05) is 11.5 Å². The first kappa shape index (κ1) is 34.9. The molecule has 4 aromatic rings. The van der Waals surface area contributed by atoms with E-state index < -0.39 is 12.2 Å². The largest absolute Gasteiger partial charge is 0.491 e.